The van der Waals surface area contributed by atoms with Gasteiger partial charge in [-0.2, -0.15) is 0 Å². The third kappa shape index (κ3) is 3.63. The zero-order valence-corrected chi connectivity index (χ0v) is 17.7. The van der Waals surface area contributed by atoms with E-state index in [1.54, 1.807) is 37.4 Å². The van der Waals surface area contributed by atoms with Gasteiger partial charge in [-0.1, -0.05) is 31.5 Å². The van der Waals surface area contributed by atoms with Crippen molar-refractivity contribution in [3.05, 3.63) is 68.5 Å². The van der Waals surface area contributed by atoms with Crippen LogP contribution in [0.2, 0.25) is 5.02 Å². The molecule has 4 rings (SSSR count). The van der Waals surface area contributed by atoms with Crippen molar-refractivity contribution in [3.63, 3.8) is 0 Å². The fourth-order valence-corrected chi connectivity index (χ4v) is 3.69. The van der Waals surface area contributed by atoms with Crippen LogP contribution in [0.3, 0.4) is 0 Å². The van der Waals surface area contributed by atoms with Crippen LogP contribution in [0.15, 0.2) is 45.6 Å². The molecule has 2 heterocycles. The van der Waals surface area contributed by atoms with Crippen molar-refractivity contribution in [2.75, 3.05) is 13.7 Å². The Morgan fingerprint density at radius 2 is 1.93 bits per heavy atom. The Morgan fingerprint density at radius 1 is 1.13 bits per heavy atom. The number of hydrogen-bond acceptors (Lipinski definition) is 5. The highest BCUT2D eigenvalue weighted by Crippen LogP contribution is 2.36. The third-order valence-electron chi connectivity index (χ3n) is 5.13. The van der Waals surface area contributed by atoms with Gasteiger partial charge in [0, 0.05) is 5.02 Å². The van der Waals surface area contributed by atoms with Crippen LogP contribution < -0.4 is 20.2 Å². The van der Waals surface area contributed by atoms with Crippen LogP contribution >= 0.6 is 11.6 Å². The summed E-state index contributed by atoms with van der Waals surface area (Å²) in [6.07, 6.45) is 0.924. The van der Waals surface area contributed by atoms with Crippen LogP contribution in [-0.2, 0) is 0 Å². The normalized spacial score (nSPS) is 15.4. The minimum Gasteiger partial charge on any atom is -0.493 e. The lowest BCUT2D eigenvalue weighted by Gasteiger charge is -2.16. The molecule has 2 aromatic carbocycles. The summed E-state index contributed by atoms with van der Waals surface area (Å²) < 4.78 is 17.0. The number of nitrogens with one attached hydrogen (secondary N) is 1. The van der Waals surface area contributed by atoms with Crippen molar-refractivity contribution in [1.29, 1.82) is 0 Å². The Balaban J connectivity index is 1.74. The number of amides is 1. The summed E-state index contributed by atoms with van der Waals surface area (Å²) >= 11 is 6.05. The molecule has 0 aliphatic carbocycles. The first-order valence-electron chi connectivity index (χ1n) is 9.77. The highest BCUT2D eigenvalue weighted by atomic mass is 35.5. The number of ether oxygens (including phenoxy) is 2. The maximum absolute atomic E-state index is 13.2. The van der Waals surface area contributed by atoms with E-state index in [9.17, 15) is 9.59 Å². The largest absolute Gasteiger partial charge is 0.493 e. The molecule has 1 unspecified atom stereocenters. The molecule has 7 heteroatoms. The van der Waals surface area contributed by atoms with Gasteiger partial charge in [0.05, 0.1) is 30.7 Å². The number of carbonyl (C=O) groups excluding carboxylic acids is 1. The molecule has 156 valence electrons. The van der Waals surface area contributed by atoms with Gasteiger partial charge in [0.15, 0.2) is 16.9 Å². The van der Waals surface area contributed by atoms with Gasteiger partial charge < -0.3 is 19.2 Å². The van der Waals surface area contributed by atoms with Crippen molar-refractivity contribution in [1.82, 2.24) is 5.32 Å². The van der Waals surface area contributed by atoms with E-state index in [1.165, 1.54) is 0 Å². The van der Waals surface area contributed by atoms with Gasteiger partial charge in [0.2, 0.25) is 5.76 Å². The average Bonchev–Trinajstić information content (AvgIpc) is 3.05. The van der Waals surface area contributed by atoms with E-state index >= 15 is 0 Å². The second-order valence-corrected chi connectivity index (χ2v) is 8.10. The van der Waals surface area contributed by atoms with Gasteiger partial charge in [-0.3, -0.25) is 9.59 Å². The van der Waals surface area contributed by atoms with Gasteiger partial charge in [-0.15, -0.1) is 0 Å². The van der Waals surface area contributed by atoms with Gasteiger partial charge in [-0.05, 0) is 48.2 Å². The van der Waals surface area contributed by atoms with E-state index < -0.39 is 11.9 Å². The zero-order chi connectivity index (χ0) is 21.4. The van der Waals surface area contributed by atoms with Crippen LogP contribution in [0.1, 0.15) is 48.0 Å². The van der Waals surface area contributed by atoms with E-state index in [0.717, 1.165) is 6.42 Å². The van der Waals surface area contributed by atoms with Crippen molar-refractivity contribution >= 4 is 28.5 Å². The highest BCUT2D eigenvalue weighted by molar-refractivity contribution is 6.31. The first-order valence-corrected chi connectivity index (χ1v) is 10.1. The summed E-state index contributed by atoms with van der Waals surface area (Å²) in [4.78, 5) is 25.7. The quantitative estimate of drug-likeness (QED) is 0.616. The Labute approximate surface area is 178 Å². The van der Waals surface area contributed by atoms with Crippen LogP contribution in [0.5, 0.6) is 11.5 Å². The second-order valence-electron chi connectivity index (χ2n) is 7.66. The maximum Gasteiger partial charge on any atom is 0.288 e. The molecule has 1 aromatic heterocycles. The topological polar surface area (TPSA) is 77.8 Å². The van der Waals surface area contributed by atoms with E-state index in [4.69, 9.17) is 25.5 Å². The highest BCUT2D eigenvalue weighted by Gasteiger charge is 2.36. The number of halogens is 1. The molecule has 0 saturated heterocycles. The third-order valence-corrected chi connectivity index (χ3v) is 5.37. The molecule has 1 amide bonds. The Bertz CT molecular complexity index is 1180. The lowest BCUT2D eigenvalue weighted by atomic mass is 9.99. The van der Waals surface area contributed by atoms with Gasteiger partial charge >= 0.3 is 0 Å². The molecular weight excluding hydrogens is 406 g/mol. The lowest BCUT2D eigenvalue weighted by molar-refractivity contribution is 0.0938. The second kappa shape index (κ2) is 8.03. The summed E-state index contributed by atoms with van der Waals surface area (Å²) in [6.45, 7) is 4.84. The molecule has 30 heavy (non-hydrogen) atoms. The molecule has 1 atom stereocenters. The Kier molecular flexibility index (Phi) is 5.43. The van der Waals surface area contributed by atoms with Crippen molar-refractivity contribution in [2.45, 2.75) is 26.3 Å². The van der Waals surface area contributed by atoms with Crippen molar-refractivity contribution in [3.8, 4) is 11.5 Å². The molecule has 0 bridgehead atoms. The van der Waals surface area contributed by atoms with Crippen molar-refractivity contribution < 1.29 is 18.7 Å². The van der Waals surface area contributed by atoms with Crippen LogP contribution in [0.4, 0.5) is 0 Å². The fraction of sp³-hybridized carbons (Fsp3) is 0.304. The number of hydrogen-bond donors (Lipinski definition) is 1. The number of methoxy groups -OCH3 is 1. The van der Waals surface area contributed by atoms with E-state index in [-0.39, 0.29) is 16.8 Å². The summed E-state index contributed by atoms with van der Waals surface area (Å²) in [5, 5.41) is 3.59. The van der Waals surface area contributed by atoms with Crippen LogP contribution in [0.25, 0.3) is 11.0 Å². The molecule has 1 N–H and O–H groups in total. The average molecular weight is 428 g/mol. The molecule has 0 fully saturated rings. The molecule has 0 radical (unpaired) electrons. The zero-order valence-electron chi connectivity index (χ0n) is 17.0. The SMILES string of the molecule is COc1cc(C2NC(=O)c3oc4ccc(Cl)cc4c(=O)c32)ccc1OCCC(C)C. The van der Waals surface area contributed by atoms with Gasteiger partial charge in [0.25, 0.3) is 5.91 Å². The summed E-state index contributed by atoms with van der Waals surface area (Å²) in [5.41, 5.74) is 1.01. The Hall–Kier alpha value is -2.99. The minimum absolute atomic E-state index is 0.0241. The van der Waals surface area contributed by atoms with E-state index in [0.29, 0.717) is 45.6 Å². The van der Waals surface area contributed by atoms with Crippen LogP contribution in [0, 0.1) is 5.92 Å². The van der Waals surface area contributed by atoms with Gasteiger partial charge in [-0.25, -0.2) is 0 Å². The molecule has 3 aromatic rings. The molecule has 6 nitrogen and oxygen atoms in total. The summed E-state index contributed by atoms with van der Waals surface area (Å²) in [5.74, 6) is 1.27. The molecular formula is C23H22ClNO5. The summed E-state index contributed by atoms with van der Waals surface area (Å²) in [6, 6.07) is 9.48. The molecule has 1 aliphatic rings. The predicted octanol–water partition coefficient (Wildman–Crippen LogP) is 4.71. The first kappa shape index (κ1) is 20.3. The number of carbonyl (C=O) groups is 1. The number of fused-ring (bicyclic) bond motifs is 2. The lowest BCUT2D eigenvalue weighted by Crippen LogP contribution is -2.22. The molecule has 1 aliphatic heterocycles. The van der Waals surface area contributed by atoms with E-state index in [1.807, 2.05) is 6.07 Å². The fourth-order valence-electron chi connectivity index (χ4n) is 3.52. The maximum atomic E-state index is 13.2. The summed E-state index contributed by atoms with van der Waals surface area (Å²) in [7, 11) is 1.56. The monoisotopic (exact) mass is 427 g/mol. The smallest absolute Gasteiger partial charge is 0.288 e. The number of benzene rings is 2. The van der Waals surface area contributed by atoms with Gasteiger partial charge in [0.1, 0.15) is 5.58 Å². The number of rotatable bonds is 6. The standard InChI is InChI=1S/C23H22ClNO5/c1-12(2)8-9-29-17-6-4-13(10-18(17)28-3)20-19-21(26)15-11-14(24)5-7-16(15)30-22(19)23(27)25-20/h4-7,10-12,20H,8-9H2,1-3H3,(H,25,27). The minimum atomic E-state index is -0.647. The Morgan fingerprint density at radius 3 is 2.67 bits per heavy atom. The van der Waals surface area contributed by atoms with Crippen molar-refractivity contribution in [2.24, 2.45) is 5.92 Å². The van der Waals surface area contributed by atoms with E-state index in [2.05, 4.69) is 19.2 Å². The predicted molar refractivity (Wildman–Crippen MR) is 115 cm³/mol. The first-order chi connectivity index (χ1) is 14.4. The van der Waals surface area contributed by atoms with Crippen LogP contribution in [-0.4, -0.2) is 19.6 Å². The molecule has 0 spiro atoms. The molecule has 0 saturated carbocycles.